The van der Waals surface area contributed by atoms with Crippen molar-refractivity contribution in [3.05, 3.63) is 48.5 Å². The first-order valence-corrected chi connectivity index (χ1v) is 7.73. The van der Waals surface area contributed by atoms with Gasteiger partial charge in [-0.1, -0.05) is 6.07 Å². The molecule has 1 aliphatic heterocycles. The van der Waals surface area contributed by atoms with E-state index >= 15 is 0 Å². The number of anilines is 1. The standard InChI is InChI=1S/C16H18N6O2/c23-14(20-12-13-4-1-2-5-17-13)15(24)21-8-10-22(11-9-21)16-18-6-3-7-19-16/h1-7H,8-12H2,(H,20,23). The minimum absolute atomic E-state index is 0.239. The maximum atomic E-state index is 12.2. The lowest BCUT2D eigenvalue weighted by molar-refractivity contribution is -0.146. The minimum atomic E-state index is -0.606. The van der Waals surface area contributed by atoms with Gasteiger partial charge in [-0.2, -0.15) is 0 Å². The molecular formula is C16H18N6O2. The fourth-order valence-corrected chi connectivity index (χ4v) is 2.46. The number of carbonyl (C=O) groups excluding carboxylic acids is 2. The zero-order valence-corrected chi connectivity index (χ0v) is 13.1. The molecule has 3 heterocycles. The molecule has 2 aromatic rings. The number of piperazine rings is 1. The summed E-state index contributed by atoms with van der Waals surface area (Å²) in [6, 6.07) is 7.19. The van der Waals surface area contributed by atoms with Gasteiger partial charge >= 0.3 is 11.8 Å². The van der Waals surface area contributed by atoms with E-state index in [1.54, 1.807) is 41.7 Å². The van der Waals surface area contributed by atoms with Crippen LogP contribution in [0.1, 0.15) is 5.69 Å². The van der Waals surface area contributed by atoms with Crippen LogP contribution in [0, 0.1) is 0 Å². The molecule has 1 aliphatic rings. The fourth-order valence-electron chi connectivity index (χ4n) is 2.46. The number of pyridine rings is 1. The Labute approximate surface area is 139 Å². The highest BCUT2D eigenvalue weighted by Crippen LogP contribution is 2.09. The molecule has 0 bridgehead atoms. The second-order valence-electron chi connectivity index (χ2n) is 5.33. The van der Waals surface area contributed by atoms with Crippen molar-refractivity contribution in [2.45, 2.75) is 6.54 Å². The number of carbonyl (C=O) groups is 2. The molecule has 1 fully saturated rings. The van der Waals surface area contributed by atoms with Gasteiger partial charge in [0.2, 0.25) is 5.95 Å². The monoisotopic (exact) mass is 326 g/mol. The van der Waals surface area contributed by atoms with Crippen LogP contribution in [0.25, 0.3) is 0 Å². The van der Waals surface area contributed by atoms with E-state index in [9.17, 15) is 9.59 Å². The molecule has 0 aliphatic carbocycles. The summed E-state index contributed by atoms with van der Waals surface area (Å²) in [5.74, 6) is -0.478. The molecular weight excluding hydrogens is 308 g/mol. The summed E-state index contributed by atoms with van der Waals surface area (Å²) in [5, 5.41) is 2.61. The Hall–Kier alpha value is -3.03. The second kappa shape index (κ2) is 7.49. The Morgan fingerprint density at radius 2 is 1.67 bits per heavy atom. The molecule has 3 rings (SSSR count). The molecule has 8 heteroatoms. The van der Waals surface area contributed by atoms with Crippen molar-refractivity contribution in [3.63, 3.8) is 0 Å². The number of rotatable bonds is 3. The molecule has 1 N–H and O–H groups in total. The molecule has 0 atom stereocenters. The van der Waals surface area contributed by atoms with E-state index in [1.807, 2.05) is 11.0 Å². The number of hydrogen-bond acceptors (Lipinski definition) is 6. The zero-order chi connectivity index (χ0) is 16.8. The van der Waals surface area contributed by atoms with Gasteiger partial charge in [0.05, 0.1) is 12.2 Å². The summed E-state index contributed by atoms with van der Waals surface area (Å²) >= 11 is 0. The average Bonchev–Trinajstić information content (AvgIpc) is 2.67. The molecule has 8 nitrogen and oxygen atoms in total. The maximum absolute atomic E-state index is 12.2. The van der Waals surface area contributed by atoms with Gasteiger partial charge in [-0.15, -0.1) is 0 Å². The highest BCUT2D eigenvalue weighted by molar-refractivity contribution is 6.35. The number of hydrogen-bond donors (Lipinski definition) is 1. The van der Waals surface area contributed by atoms with Crippen molar-refractivity contribution in [2.75, 3.05) is 31.1 Å². The lowest BCUT2D eigenvalue weighted by Crippen LogP contribution is -2.53. The molecule has 24 heavy (non-hydrogen) atoms. The third kappa shape index (κ3) is 3.83. The second-order valence-corrected chi connectivity index (χ2v) is 5.33. The summed E-state index contributed by atoms with van der Waals surface area (Å²) in [6.45, 7) is 2.37. The Bertz CT molecular complexity index is 686. The van der Waals surface area contributed by atoms with E-state index in [0.29, 0.717) is 37.8 Å². The summed E-state index contributed by atoms with van der Waals surface area (Å²) in [4.78, 5) is 40.2. The van der Waals surface area contributed by atoms with Gasteiger partial charge in [-0.3, -0.25) is 14.6 Å². The summed E-state index contributed by atoms with van der Waals surface area (Å²) in [5.41, 5.74) is 0.713. The van der Waals surface area contributed by atoms with E-state index in [0.717, 1.165) is 0 Å². The molecule has 0 radical (unpaired) electrons. The predicted molar refractivity (Wildman–Crippen MR) is 86.9 cm³/mol. The van der Waals surface area contributed by atoms with Crippen LogP contribution < -0.4 is 10.2 Å². The normalized spacial score (nSPS) is 14.3. The highest BCUT2D eigenvalue weighted by atomic mass is 16.2. The Morgan fingerprint density at radius 1 is 0.958 bits per heavy atom. The first-order valence-electron chi connectivity index (χ1n) is 7.73. The van der Waals surface area contributed by atoms with Gasteiger partial charge in [0, 0.05) is 44.8 Å². The highest BCUT2D eigenvalue weighted by Gasteiger charge is 2.26. The Morgan fingerprint density at radius 3 is 2.33 bits per heavy atom. The van der Waals surface area contributed by atoms with Crippen LogP contribution in [0.3, 0.4) is 0 Å². The first-order chi connectivity index (χ1) is 11.7. The lowest BCUT2D eigenvalue weighted by atomic mass is 10.3. The Balaban J connectivity index is 1.48. The summed E-state index contributed by atoms with van der Waals surface area (Å²) in [7, 11) is 0. The summed E-state index contributed by atoms with van der Waals surface area (Å²) < 4.78 is 0. The van der Waals surface area contributed by atoms with E-state index in [-0.39, 0.29) is 6.54 Å². The van der Waals surface area contributed by atoms with Crippen molar-refractivity contribution in [1.29, 1.82) is 0 Å². The molecule has 0 spiro atoms. The van der Waals surface area contributed by atoms with Crippen molar-refractivity contribution >= 4 is 17.8 Å². The predicted octanol–water partition coefficient (Wildman–Crippen LogP) is -0.163. The largest absolute Gasteiger partial charge is 0.342 e. The van der Waals surface area contributed by atoms with Gasteiger partial charge in [-0.05, 0) is 18.2 Å². The quantitative estimate of drug-likeness (QED) is 0.788. The van der Waals surface area contributed by atoms with E-state index in [1.165, 1.54) is 0 Å². The van der Waals surface area contributed by atoms with Gasteiger partial charge < -0.3 is 15.1 Å². The molecule has 124 valence electrons. The number of aromatic nitrogens is 3. The van der Waals surface area contributed by atoms with Crippen molar-refractivity contribution < 1.29 is 9.59 Å². The molecule has 1 saturated heterocycles. The van der Waals surface area contributed by atoms with E-state index in [2.05, 4.69) is 20.3 Å². The molecule has 2 amide bonds. The van der Waals surface area contributed by atoms with Crippen molar-refractivity contribution in [1.82, 2.24) is 25.2 Å². The molecule has 0 aromatic carbocycles. The average molecular weight is 326 g/mol. The van der Waals surface area contributed by atoms with E-state index in [4.69, 9.17) is 0 Å². The Kier molecular flexibility index (Phi) is 4.95. The van der Waals surface area contributed by atoms with Crippen LogP contribution in [0.15, 0.2) is 42.9 Å². The van der Waals surface area contributed by atoms with Crippen molar-refractivity contribution in [3.8, 4) is 0 Å². The molecule has 0 unspecified atom stereocenters. The first kappa shape index (κ1) is 15.9. The van der Waals surface area contributed by atoms with Crippen LogP contribution in [-0.2, 0) is 16.1 Å². The smallest absolute Gasteiger partial charge is 0.312 e. The summed E-state index contributed by atoms with van der Waals surface area (Å²) in [6.07, 6.45) is 5.02. The van der Waals surface area contributed by atoms with E-state index < -0.39 is 11.8 Å². The van der Waals surface area contributed by atoms with Crippen LogP contribution in [0.4, 0.5) is 5.95 Å². The third-order valence-electron chi connectivity index (χ3n) is 3.75. The zero-order valence-electron chi connectivity index (χ0n) is 13.1. The SMILES string of the molecule is O=C(NCc1ccccn1)C(=O)N1CCN(c2ncccn2)CC1. The number of nitrogens with zero attached hydrogens (tertiary/aromatic N) is 5. The van der Waals surface area contributed by atoms with Gasteiger partial charge in [0.25, 0.3) is 0 Å². The van der Waals surface area contributed by atoms with Crippen molar-refractivity contribution in [2.24, 2.45) is 0 Å². The number of nitrogens with one attached hydrogen (secondary N) is 1. The maximum Gasteiger partial charge on any atom is 0.312 e. The third-order valence-corrected chi connectivity index (χ3v) is 3.75. The molecule has 0 saturated carbocycles. The van der Waals surface area contributed by atoms with Crippen LogP contribution in [0.5, 0.6) is 0 Å². The van der Waals surface area contributed by atoms with Gasteiger partial charge in [-0.25, -0.2) is 9.97 Å². The molecule has 2 aromatic heterocycles. The van der Waals surface area contributed by atoms with Crippen LogP contribution in [-0.4, -0.2) is 57.8 Å². The van der Waals surface area contributed by atoms with Crippen LogP contribution >= 0.6 is 0 Å². The number of amides is 2. The van der Waals surface area contributed by atoms with Gasteiger partial charge in [0.15, 0.2) is 0 Å². The van der Waals surface area contributed by atoms with Crippen LogP contribution in [0.2, 0.25) is 0 Å². The fraction of sp³-hybridized carbons (Fsp3) is 0.312. The van der Waals surface area contributed by atoms with Gasteiger partial charge in [0.1, 0.15) is 0 Å². The topological polar surface area (TPSA) is 91.3 Å². The minimum Gasteiger partial charge on any atom is -0.342 e. The lowest BCUT2D eigenvalue weighted by Gasteiger charge is -2.34.